The molecule has 0 spiro atoms. The van der Waals surface area contributed by atoms with E-state index in [2.05, 4.69) is 5.32 Å². The van der Waals surface area contributed by atoms with Gasteiger partial charge in [0.05, 0.1) is 10.7 Å². The molecule has 16 heavy (non-hydrogen) atoms. The van der Waals surface area contributed by atoms with E-state index >= 15 is 0 Å². The Hall–Kier alpha value is -1.13. The lowest BCUT2D eigenvalue weighted by molar-refractivity contribution is -0.118. The molecule has 0 unspecified atom stereocenters. The van der Waals surface area contributed by atoms with Gasteiger partial charge in [-0.15, -0.1) is 0 Å². The van der Waals surface area contributed by atoms with Crippen molar-refractivity contribution in [3.8, 4) is 0 Å². The molecule has 0 radical (unpaired) electrons. The number of hydrogen-bond donors (Lipinski definition) is 2. The second-order valence-electron chi connectivity index (χ2n) is 3.70. The zero-order chi connectivity index (χ0) is 12.3. The van der Waals surface area contributed by atoms with Crippen LogP contribution in [-0.4, -0.2) is 10.9 Å². The molecular weight excluding hydrogens is 244 g/mol. The van der Waals surface area contributed by atoms with E-state index in [1.807, 2.05) is 0 Å². The van der Waals surface area contributed by atoms with Gasteiger partial charge in [0.1, 0.15) is 4.99 Å². The molecular formula is C11H13ClN2OS. The van der Waals surface area contributed by atoms with Crippen molar-refractivity contribution in [2.24, 2.45) is 11.7 Å². The van der Waals surface area contributed by atoms with Gasteiger partial charge in [-0.05, 0) is 12.1 Å². The van der Waals surface area contributed by atoms with Crippen molar-refractivity contribution < 1.29 is 4.79 Å². The molecule has 0 bridgehead atoms. The largest absolute Gasteiger partial charge is 0.389 e. The highest BCUT2D eigenvalue weighted by Gasteiger charge is 2.10. The minimum Gasteiger partial charge on any atom is -0.389 e. The second kappa shape index (κ2) is 5.27. The number of carbonyl (C=O) groups is 1. The third kappa shape index (κ3) is 3.18. The summed E-state index contributed by atoms with van der Waals surface area (Å²) in [7, 11) is 0. The van der Waals surface area contributed by atoms with Crippen LogP contribution >= 0.6 is 23.8 Å². The lowest BCUT2D eigenvalue weighted by Gasteiger charge is -2.10. The predicted octanol–water partition coefficient (Wildman–Crippen LogP) is 2.57. The van der Waals surface area contributed by atoms with Gasteiger partial charge in [-0.1, -0.05) is 43.7 Å². The summed E-state index contributed by atoms with van der Waals surface area (Å²) in [6.45, 7) is 3.61. The zero-order valence-electron chi connectivity index (χ0n) is 9.08. The average Bonchev–Trinajstić information content (AvgIpc) is 2.20. The maximum absolute atomic E-state index is 11.5. The molecule has 1 rings (SSSR count). The van der Waals surface area contributed by atoms with Gasteiger partial charge < -0.3 is 11.1 Å². The summed E-state index contributed by atoms with van der Waals surface area (Å²) in [4.78, 5) is 11.8. The van der Waals surface area contributed by atoms with Crippen molar-refractivity contribution in [3.05, 3.63) is 28.8 Å². The third-order valence-corrected chi connectivity index (χ3v) is 2.60. The highest BCUT2D eigenvalue weighted by molar-refractivity contribution is 7.80. The molecule has 0 aliphatic rings. The quantitative estimate of drug-likeness (QED) is 0.818. The van der Waals surface area contributed by atoms with Crippen LogP contribution in [0.15, 0.2) is 18.2 Å². The molecule has 0 heterocycles. The topological polar surface area (TPSA) is 55.1 Å². The van der Waals surface area contributed by atoms with Gasteiger partial charge >= 0.3 is 0 Å². The maximum atomic E-state index is 11.5. The van der Waals surface area contributed by atoms with E-state index in [-0.39, 0.29) is 16.8 Å². The number of hydrogen-bond acceptors (Lipinski definition) is 2. The first-order chi connectivity index (χ1) is 7.41. The number of anilines is 1. The number of amides is 1. The summed E-state index contributed by atoms with van der Waals surface area (Å²) in [5, 5.41) is 3.19. The number of rotatable bonds is 3. The Morgan fingerprint density at radius 2 is 2.12 bits per heavy atom. The molecule has 0 saturated carbocycles. The Morgan fingerprint density at radius 1 is 1.50 bits per heavy atom. The first kappa shape index (κ1) is 12.9. The van der Waals surface area contributed by atoms with Crippen molar-refractivity contribution in [2.75, 3.05) is 5.32 Å². The SMILES string of the molecule is CC(C)C(=O)Nc1cc(C(N)=S)ccc1Cl. The Kier molecular flexibility index (Phi) is 4.26. The standard InChI is InChI=1S/C11H13ClN2OS/c1-6(2)11(15)14-9-5-7(10(13)16)3-4-8(9)12/h3-6H,1-2H3,(H2,13,16)(H,14,15). The van der Waals surface area contributed by atoms with Gasteiger partial charge in [0, 0.05) is 11.5 Å². The number of nitrogens with two attached hydrogens (primary N) is 1. The Bertz CT molecular complexity index is 432. The smallest absolute Gasteiger partial charge is 0.226 e. The number of thiocarbonyl (C=S) groups is 1. The molecule has 3 N–H and O–H groups in total. The summed E-state index contributed by atoms with van der Waals surface area (Å²) >= 11 is 10.8. The lowest BCUT2D eigenvalue weighted by Crippen LogP contribution is -2.18. The molecule has 1 aromatic rings. The monoisotopic (exact) mass is 256 g/mol. The van der Waals surface area contributed by atoms with E-state index in [0.717, 1.165) is 0 Å². The van der Waals surface area contributed by atoms with E-state index in [1.54, 1.807) is 32.0 Å². The molecule has 86 valence electrons. The highest BCUT2D eigenvalue weighted by Crippen LogP contribution is 2.23. The van der Waals surface area contributed by atoms with Gasteiger partial charge in [0.2, 0.25) is 5.91 Å². The van der Waals surface area contributed by atoms with Crippen molar-refractivity contribution in [2.45, 2.75) is 13.8 Å². The van der Waals surface area contributed by atoms with Crippen LogP contribution in [0.2, 0.25) is 5.02 Å². The van der Waals surface area contributed by atoms with E-state index < -0.39 is 0 Å². The van der Waals surface area contributed by atoms with Gasteiger partial charge in [0.15, 0.2) is 0 Å². The molecule has 3 nitrogen and oxygen atoms in total. The van der Waals surface area contributed by atoms with Crippen molar-refractivity contribution in [1.82, 2.24) is 0 Å². The van der Waals surface area contributed by atoms with Crippen LogP contribution in [-0.2, 0) is 4.79 Å². The van der Waals surface area contributed by atoms with Gasteiger partial charge in [-0.3, -0.25) is 4.79 Å². The fourth-order valence-electron chi connectivity index (χ4n) is 1.05. The van der Waals surface area contributed by atoms with E-state index in [0.29, 0.717) is 16.3 Å². The van der Waals surface area contributed by atoms with Gasteiger partial charge in [-0.2, -0.15) is 0 Å². The first-order valence-electron chi connectivity index (χ1n) is 4.82. The summed E-state index contributed by atoms with van der Waals surface area (Å²) in [6, 6.07) is 5.05. The summed E-state index contributed by atoms with van der Waals surface area (Å²) < 4.78 is 0. The maximum Gasteiger partial charge on any atom is 0.226 e. The van der Waals surface area contributed by atoms with E-state index in [9.17, 15) is 4.79 Å². The number of nitrogens with one attached hydrogen (secondary N) is 1. The Morgan fingerprint density at radius 3 is 2.62 bits per heavy atom. The molecule has 0 aliphatic carbocycles. The average molecular weight is 257 g/mol. The fourth-order valence-corrected chi connectivity index (χ4v) is 1.34. The lowest BCUT2D eigenvalue weighted by atomic mass is 10.1. The van der Waals surface area contributed by atoms with Crippen LogP contribution < -0.4 is 11.1 Å². The third-order valence-electron chi connectivity index (χ3n) is 2.03. The number of halogens is 1. The summed E-state index contributed by atoms with van der Waals surface area (Å²) in [5.41, 5.74) is 6.71. The first-order valence-corrected chi connectivity index (χ1v) is 5.60. The Labute approximate surface area is 105 Å². The fraction of sp³-hybridized carbons (Fsp3) is 0.273. The molecule has 0 atom stereocenters. The highest BCUT2D eigenvalue weighted by atomic mass is 35.5. The van der Waals surface area contributed by atoms with Crippen LogP contribution in [0.3, 0.4) is 0 Å². The number of benzene rings is 1. The second-order valence-corrected chi connectivity index (χ2v) is 4.55. The minimum absolute atomic E-state index is 0.0954. The number of carbonyl (C=O) groups excluding carboxylic acids is 1. The molecule has 0 saturated heterocycles. The minimum atomic E-state index is -0.107. The van der Waals surface area contributed by atoms with E-state index in [4.69, 9.17) is 29.6 Å². The normalized spacial score (nSPS) is 10.2. The zero-order valence-corrected chi connectivity index (χ0v) is 10.7. The van der Waals surface area contributed by atoms with Crippen molar-refractivity contribution >= 4 is 40.4 Å². The molecule has 1 aromatic carbocycles. The molecule has 1 amide bonds. The Balaban J connectivity index is 2.99. The predicted molar refractivity (Wildman–Crippen MR) is 70.8 cm³/mol. The molecule has 0 aliphatic heterocycles. The van der Waals surface area contributed by atoms with E-state index in [1.165, 1.54) is 0 Å². The molecule has 0 aromatic heterocycles. The van der Waals surface area contributed by atoms with Crippen LogP contribution in [0.4, 0.5) is 5.69 Å². The molecule has 0 fully saturated rings. The van der Waals surface area contributed by atoms with Crippen molar-refractivity contribution in [1.29, 1.82) is 0 Å². The summed E-state index contributed by atoms with van der Waals surface area (Å²) in [6.07, 6.45) is 0. The van der Waals surface area contributed by atoms with Gasteiger partial charge in [-0.25, -0.2) is 0 Å². The van der Waals surface area contributed by atoms with Gasteiger partial charge in [0.25, 0.3) is 0 Å². The van der Waals surface area contributed by atoms with Crippen molar-refractivity contribution in [3.63, 3.8) is 0 Å². The van der Waals surface area contributed by atoms with Crippen LogP contribution in [0.1, 0.15) is 19.4 Å². The molecule has 5 heteroatoms. The summed E-state index contributed by atoms with van der Waals surface area (Å²) in [5.74, 6) is -0.202. The van der Waals surface area contributed by atoms with Crippen LogP contribution in [0, 0.1) is 5.92 Å². The van der Waals surface area contributed by atoms with Crippen LogP contribution in [0.5, 0.6) is 0 Å². The van der Waals surface area contributed by atoms with Crippen LogP contribution in [0.25, 0.3) is 0 Å².